The van der Waals surface area contributed by atoms with Gasteiger partial charge < -0.3 is 14.8 Å². The zero-order chi connectivity index (χ0) is 21.6. The van der Waals surface area contributed by atoms with Gasteiger partial charge in [-0.1, -0.05) is 18.2 Å². The zero-order valence-electron chi connectivity index (χ0n) is 18.0. The smallest absolute Gasteiger partial charge is 0.255 e. The van der Waals surface area contributed by atoms with Gasteiger partial charge in [-0.05, 0) is 43.3 Å². The standard InChI is InChI=1S/C24H28N4O3/c1-18(27-12-14-31-15-13-27)16-25-24(29)22-17-28(20-6-4-3-5-7-20)26-23(22)19-8-10-21(30-2)11-9-19/h3-11,17-18H,12-16H2,1-2H3,(H,25,29). The van der Waals surface area contributed by atoms with Gasteiger partial charge in [0.1, 0.15) is 11.4 Å². The fraction of sp³-hybridized carbons (Fsp3) is 0.333. The van der Waals surface area contributed by atoms with Crippen LogP contribution in [0.4, 0.5) is 0 Å². The Morgan fingerprint density at radius 3 is 2.52 bits per heavy atom. The lowest BCUT2D eigenvalue weighted by Crippen LogP contribution is -2.47. The first kappa shape index (κ1) is 21.1. The quantitative estimate of drug-likeness (QED) is 0.636. The molecule has 162 valence electrons. The Morgan fingerprint density at radius 1 is 1.13 bits per heavy atom. The van der Waals surface area contributed by atoms with Crippen LogP contribution in [0.25, 0.3) is 16.9 Å². The van der Waals surface area contributed by atoms with E-state index in [1.165, 1.54) is 0 Å². The van der Waals surface area contributed by atoms with E-state index in [2.05, 4.69) is 17.1 Å². The fourth-order valence-corrected chi connectivity index (χ4v) is 3.70. The fourth-order valence-electron chi connectivity index (χ4n) is 3.70. The first-order chi connectivity index (χ1) is 15.2. The summed E-state index contributed by atoms with van der Waals surface area (Å²) in [5, 5.41) is 7.83. The summed E-state index contributed by atoms with van der Waals surface area (Å²) in [6.45, 7) is 5.95. The Morgan fingerprint density at radius 2 is 1.84 bits per heavy atom. The summed E-state index contributed by atoms with van der Waals surface area (Å²) in [7, 11) is 1.63. The van der Waals surface area contributed by atoms with Gasteiger partial charge in [-0.2, -0.15) is 5.10 Å². The number of carbonyl (C=O) groups is 1. The minimum atomic E-state index is -0.131. The van der Waals surface area contributed by atoms with Crippen LogP contribution in [0.1, 0.15) is 17.3 Å². The third-order valence-corrected chi connectivity index (χ3v) is 5.57. The molecule has 0 aliphatic carbocycles. The highest BCUT2D eigenvalue weighted by atomic mass is 16.5. The van der Waals surface area contributed by atoms with E-state index >= 15 is 0 Å². The van der Waals surface area contributed by atoms with Gasteiger partial charge in [-0.25, -0.2) is 4.68 Å². The van der Waals surface area contributed by atoms with Crippen molar-refractivity contribution in [3.8, 4) is 22.7 Å². The molecule has 3 aromatic rings. The molecule has 2 heterocycles. The van der Waals surface area contributed by atoms with Crippen LogP contribution in [0.5, 0.6) is 5.75 Å². The van der Waals surface area contributed by atoms with Crippen LogP contribution in [-0.2, 0) is 4.74 Å². The molecule has 4 rings (SSSR count). The summed E-state index contributed by atoms with van der Waals surface area (Å²) in [5.74, 6) is 0.629. The van der Waals surface area contributed by atoms with E-state index < -0.39 is 0 Å². The number of hydrogen-bond acceptors (Lipinski definition) is 5. The van der Waals surface area contributed by atoms with Crippen LogP contribution in [-0.4, -0.2) is 66.6 Å². The molecule has 7 nitrogen and oxygen atoms in total. The van der Waals surface area contributed by atoms with Crippen molar-refractivity contribution in [2.75, 3.05) is 40.0 Å². The van der Waals surface area contributed by atoms with Crippen molar-refractivity contribution in [1.29, 1.82) is 0 Å². The molecule has 7 heteroatoms. The second-order valence-electron chi connectivity index (χ2n) is 7.61. The van der Waals surface area contributed by atoms with Crippen molar-refractivity contribution in [2.45, 2.75) is 13.0 Å². The van der Waals surface area contributed by atoms with E-state index in [4.69, 9.17) is 14.6 Å². The largest absolute Gasteiger partial charge is 0.497 e. The molecule has 0 saturated carbocycles. The van der Waals surface area contributed by atoms with Crippen LogP contribution < -0.4 is 10.1 Å². The van der Waals surface area contributed by atoms with Gasteiger partial charge in [-0.3, -0.25) is 9.69 Å². The Kier molecular flexibility index (Phi) is 6.64. The average molecular weight is 421 g/mol. The molecule has 1 aliphatic rings. The number of methoxy groups -OCH3 is 1. The van der Waals surface area contributed by atoms with Crippen molar-refractivity contribution in [2.24, 2.45) is 0 Å². The zero-order valence-corrected chi connectivity index (χ0v) is 18.0. The van der Waals surface area contributed by atoms with E-state index in [-0.39, 0.29) is 11.9 Å². The van der Waals surface area contributed by atoms with E-state index in [9.17, 15) is 4.79 Å². The maximum Gasteiger partial charge on any atom is 0.255 e. The molecule has 0 spiro atoms. The number of carbonyl (C=O) groups excluding carboxylic acids is 1. The number of hydrogen-bond donors (Lipinski definition) is 1. The molecule has 1 N–H and O–H groups in total. The first-order valence-corrected chi connectivity index (χ1v) is 10.5. The Balaban J connectivity index is 1.58. The summed E-state index contributed by atoms with van der Waals surface area (Å²) in [6.07, 6.45) is 1.80. The van der Waals surface area contributed by atoms with E-state index in [0.29, 0.717) is 17.8 Å². The molecule has 1 unspecified atom stereocenters. The minimum absolute atomic E-state index is 0.131. The summed E-state index contributed by atoms with van der Waals surface area (Å²) >= 11 is 0. The van der Waals surface area contributed by atoms with Crippen molar-refractivity contribution in [3.63, 3.8) is 0 Å². The molecule has 31 heavy (non-hydrogen) atoms. The number of rotatable bonds is 7. The van der Waals surface area contributed by atoms with Gasteiger partial charge in [0, 0.05) is 37.4 Å². The predicted octanol–water partition coefficient (Wildman–Crippen LogP) is 3.00. The number of nitrogens with one attached hydrogen (secondary N) is 1. The third kappa shape index (κ3) is 4.95. The Hall–Kier alpha value is -3.16. The summed E-state index contributed by atoms with van der Waals surface area (Å²) in [4.78, 5) is 15.5. The van der Waals surface area contributed by atoms with Gasteiger partial charge in [0.15, 0.2) is 0 Å². The molecule has 1 saturated heterocycles. The number of nitrogens with zero attached hydrogens (tertiary/aromatic N) is 3. The van der Waals surface area contributed by atoms with Gasteiger partial charge in [0.05, 0.1) is 31.6 Å². The molecule has 0 bridgehead atoms. The molecule has 1 fully saturated rings. The monoisotopic (exact) mass is 420 g/mol. The molecule has 1 aliphatic heterocycles. The lowest BCUT2D eigenvalue weighted by Gasteiger charge is -2.32. The van der Waals surface area contributed by atoms with Crippen molar-refractivity contribution in [1.82, 2.24) is 20.0 Å². The maximum absolute atomic E-state index is 13.2. The normalized spacial score (nSPS) is 15.4. The Labute approximate surface area is 182 Å². The minimum Gasteiger partial charge on any atom is -0.497 e. The first-order valence-electron chi connectivity index (χ1n) is 10.5. The van der Waals surface area contributed by atoms with Gasteiger partial charge in [0.25, 0.3) is 5.91 Å². The van der Waals surface area contributed by atoms with Crippen LogP contribution in [0.2, 0.25) is 0 Å². The number of morpholine rings is 1. The van der Waals surface area contributed by atoms with E-state index in [1.807, 2.05) is 54.6 Å². The maximum atomic E-state index is 13.2. The topological polar surface area (TPSA) is 68.6 Å². The van der Waals surface area contributed by atoms with Gasteiger partial charge >= 0.3 is 0 Å². The number of amides is 1. The van der Waals surface area contributed by atoms with Crippen molar-refractivity contribution < 1.29 is 14.3 Å². The molecular weight excluding hydrogens is 392 g/mol. The summed E-state index contributed by atoms with van der Waals surface area (Å²) < 4.78 is 12.4. The van der Waals surface area contributed by atoms with Crippen molar-refractivity contribution >= 4 is 5.91 Å². The number of aromatic nitrogens is 2. The lowest BCUT2D eigenvalue weighted by molar-refractivity contribution is 0.0204. The Bertz CT molecular complexity index is 995. The van der Waals surface area contributed by atoms with E-state index in [1.54, 1.807) is 18.0 Å². The average Bonchev–Trinajstić information content (AvgIpc) is 3.29. The number of para-hydroxylation sites is 1. The van der Waals surface area contributed by atoms with Crippen LogP contribution >= 0.6 is 0 Å². The molecule has 1 atom stereocenters. The van der Waals surface area contributed by atoms with E-state index in [0.717, 1.165) is 43.3 Å². The number of ether oxygens (including phenoxy) is 2. The molecule has 2 aromatic carbocycles. The van der Waals surface area contributed by atoms with Gasteiger partial charge in [-0.15, -0.1) is 0 Å². The summed E-state index contributed by atoms with van der Waals surface area (Å²) in [5.41, 5.74) is 2.95. The van der Waals surface area contributed by atoms with Crippen molar-refractivity contribution in [3.05, 3.63) is 66.4 Å². The molecule has 1 amide bonds. The highest BCUT2D eigenvalue weighted by molar-refractivity contribution is 6.00. The third-order valence-electron chi connectivity index (χ3n) is 5.57. The molecule has 0 radical (unpaired) electrons. The number of benzene rings is 2. The lowest BCUT2D eigenvalue weighted by atomic mass is 10.1. The predicted molar refractivity (Wildman–Crippen MR) is 120 cm³/mol. The molecule has 1 aromatic heterocycles. The van der Waals surface area contributed by atoms with Crippen LogP contribution in [0, 0.1) is 0 Å². The second kappa shape index (κ2) is 9.76. The van der Waals surface area contributed by atoms with Gasteiger partial charge in [0.2, 0.25) is 0 Å². The van der Waals surface area contributed by atoms with Crippen LogP contribution in [0.3, 0.4) is 0 Å². The molecular formula is C24H28N4O3. The highest BCUT2D eigenvalue weighted by Crippen LogP contribution is 2.26. The van der Waals surface area contributed by atoms with Crippen LogP contribution in [0.15, 0.2) is 60.8 Å². The second-order valence-corrected chi connectivity index (χ2v) is 7.61. The SMILES string of the molecule is COc1ccc(-c2nn(-c3ccccc3)cc2C(=O)NCC(C)N2CCOCC2)cc1. The highest BCUT2D eigenvalue weighted by Gasteiger charge is 2.21. The summed E-state index contributed by atoms with van der Waals surface area (Å²) in [6, 6.07) is 17.6.